The predicted octanol–water partition coefficient (Wildman–Crippen LogP) is 2.76. The molecule has 0 aromatic heterocycles. The first-order valence-electron chi connectivity index (χ1n) is 8.09. The summed E-state index contributed by atoms with van der Waals surface area (Å²) >= 11 is 0. The third-order valence-electron chi connectivity index (χ3n) is 4.30. The number of carbonyl (C=O) groups is 1. The van der Waals surface area contributed by atoms with Gasteiger partial charge in [-0.05, 0) is 42.1 Å². The molecule has 1 saturated heterocycles. The maximum atomic E-state index is 12.0. The Hall–Kier alpha value is -1.26. The molecule has 1 aromatic rings. The summed E-state index contributed by atoms with van der Waals surface area (Å²) in [6.07, 6.45) is 0. The molecule has 1 aromatic carbocycles. The van der Waals surface area contributed by atoms with Crippen LogP contribution in [0.4, 0.5) is 0 Å². The van der Waals surface area contributed by atoms with E-state index in [1.165, 1.54) is 5.56 Å². The Morgan fingerprint density at radius 3 is 2.65 bits per heavy atom. The van der Waals surface area contributed by atoms with Crippen LogP contribution in [0.5, 0.6) is 5.75 Å². The van der Waals surface area contributed by atoms with Crippen LogP contribution in [-0.4, -0.2) is 32.1 Å². The van der Waals surface area contributed by atoms with Gasteiger partial charge in [0.05, 0.1) is 6.54 Å². The molecule has 0 bridgehead atoms. The Morgan fingerprint density at radius 2 is 2.09 bits per heavy atom. The lowest BCUT2D eigenvalue weighted by Crippen LogP contribution is -2.49. The van der Waals surface area contributed by atoms with Crippen molar-refractivity contribution >= 4 is 18.3 Å². The molecule has 1 atom stereocenters. The van der Waals surface area contributed by atoms with E-state index in [0.717, 1.165) is 18.8 Å². The first-order chi connectivity index (χ1) is 10.4. The second-order valence-corrected chi connectivity index (χ2v) is 7.12. The molecule has 1 amide bonds. The molecule has 1 fully saturated rings. The van der Waals surface area contributed by atoms with Crippen molar-refractivity contribution in [2.45, 2.75) is 33.1 Å². The van der Waals surface area contributed by atoms with Crippen LogP contribution in [0, 0.1) is 11.8 Å². The van der Waals surface area contributed by atoms with Gasteiger partial charge < -0.3 is 15.4 Å². The molecule has 2 N–H and O–H groups in total. The van der Waals surface area contributed by atoms with E-state index in [9.17, 15) is 4.79 Å². The second kappa shape index (κ2) is 8.55. The molecule has 0 radical (unpaired) electrons. The fourth-order valence-electron chi connectivity index (χ4n) is 2.44. The van der Waals surface area contributed by atoms with E-state index < -0.39 is 0 Å². The highest BCUT2D eigenvalue weighted by Crippen LogP contribution is 2.25. The van der Waals surface area contributed by atoms with Crippen molar-refractivity contribution in [2.75, 3.05) is 26.2 Å². The number of hydrogen-bond donors (Lipinski definition) is 2. The first-order valence-corrected chi connectivity index (χ1v) is 8.09. The maximum absolute atomic E-state index is 12.0. The second-order valence-electron chi connectivity index (χ2n) is 7.12. The van der Waals surface area contributed by atoms with E-state index >= 15 is 0 Å². The lowest BCUT2D eigenvalue weighted by atomic mass is 9.87. The molecule has 2 rings (SSSR count). The molecule has 5 heteroatoms. The van der Waals surface area contributed by atoms with Gasteiger partial charge in [-0.1, -0.05) is 39.8 Å². The van der Waals surface area contributed by atoms with Gasteiger partial charge in [-0.3, -0.25) is 4.79 Å². The number of benzene rings is 1. The van der Waals surface area contributed by atoms with E-state index in [1.807, 2.05) is 19.1 Å². The molecule has 1 aliphatic rings. The van der Waals surface area contributed by atoms with Crippen molar-refractivity contribution in [3.8, 4) is 5.75 Å². The van der Waals surface area contributed by atoms with Crippen LogP contribution in [0.2, 0.25) is 0 Å². The molecule has 1 aliphatic heterocycles. The van der Waals surface area contributed by atoms with E-state index in [1.54, 1.807) is 0 Å². The van der Waals surface area contributed by atoms with Crippen LogP contribution in [0.25, 0.3) is 0 Å². The molecule has 1 heterocycles. The lowest BCUT2D eigenvalue weighted by molar-refractivity contribution is -0.126. The number of carbonyl (C=O) groups excluding carboxylic acids is 1. The molecule has 23 heavy (non-hydrogen) atoms. The minimum Gasteiger partial charge on any atom is -0.492 e. The fraction of sp³-hybridized carbons (Fsp3) is 0.611. The van der Waals surface area contributed by atoms with E-state index in [2.05, 4.69) is 43.5 Å². The van der Waals surface area contributed by atoms with E-state index in [-0.39, 0.29) is 29.6 Å². The van der Waals surface area contributed by atoms with Gasteiger partial charge >= 0.3 is 0 Å². The summed E-state index contributed by atoms with van der Waals surface area (Å²) in [5.74, 6) is 1.53. The zero-order valence-corrected chi connectivity index (χ0v) is 15.3. The molecule has 130 valence electrons. The third kappa shape index (κ3) is 5.70. The minimum absolute atomic E-state index is 0. The minimum atomic E-state index is 0. The van der Waals surface area contributed by atoms with Crippen molar-refractivity contribution in [1.29, 1.82) is 0 Å². The summed E-state index contributed by atoms with van der Waals surface area (Å²) < 4.78 is 5.75. The summed E-state index contributed by atoms with van der Waals surface area (Å²) in [4.78, 5) is 12.0. The number of ether oxygens (including phenoxy) is 1. The Bertz CT molecular complexity index is 510. The Kier molecular flexibility index (Phi) is 7.36. The predicted molar refractivity (Wildman–Crippen MR) is 96.4 cm³/mol. The average molecular weight is 341 g/mol. The van der Waals surface area contributed by atoms with Crippen LogP contribution < -0.4 is 15.4 Å². The van der Waals surface area contributed by atoms with Crippen LogP contribution in [0.3, 0.4) is 0 Å². The normalized spacial score (nSPS) is 16.0. The van der Waals surface area contributed by atoms with Gasteiger partial charge in [0.2, 0.25) is 5.91 Å². The van der Waals surface area contributed by atoms with E-state index in [4.69, 9.17) is 4.74 Å². The van der Waals surface area contributed by atoms with Crippen LogP contribution in [0.15, 0.2) is 24.3 Å². The quantitative estimate of drug-likeness (QED) is 0.783. The number of amides is 1. The Labute approximate surface area is 145 Å². The number of halogens is 1. The zero-order valence-electron chi connectivity index (χ0n) is 14.5. The molecular formula is C18H29ClN2O2. The summed E-state index contributed by atoms with van der Waals surface area (Å²) in [5, 5.41) is 6.15. The van der Waals surface area contributed by atoms with Gasteiger partial charge in [-0.2, -0.15) is 0 Å². The highest BCUT2D eigenvalue weighted by Gasteiger charge is 2.28. The van der Waals surface area contributed by atoms with Crippen molar-refractivity contribution < 1.29 is 9.53 Å². The summed E-state index contributed by atoms with van der Waals surface area (Å²) in [5.41, 5.74) is 1.36. The first kappa shape index (κ1) is 19.8. The molecule has 1 unspecified atom stereocenters. The van der Waals surface area contributed by atoms with Gasteiger partial charge in [0, 0.05) is 5.92 Å². The summed E-state index contributed by atoms with van der Waals surface area (Å²) in [6, 6.07) is 8.16. The van der Waals surface area contributed by atoms with Crippen molar-refractivity contribution in [1.82, 2.24) is 10.6 Å². The third-order valence-corrected chi connectivity index (χ3v) is 4.30. The SMILES string of the molecule is CC(C(=O)NCCOc1cccc(C(C)(C)C)c1)C1CNC1.Cl. The lowest BCUT2D eigenvalue weighted by Gasteiger charge is -2.31. The smallest absolute Gasteiger partial charge is 0.223 e. The van der Waals surface area contributed by atoms with Crippen LogP contribution in [-0.2, 0) is 10.2 Å². The molecule has 0 saturated carbocycles. The monoisotopic (exact) mass is 340 g/mol. The Morgan fingerprint density at radius 1 is 1.39 bits per heavy atom. The van der Waals surface area contributed by atoms with Crippen molar-refractivity contribution in [3.05, 3.63) is 29.8 Å². The maximum Gasteiger partial charge on any atom is 0.223 e. The topological polar surface area (TPSA) is 50.4 Å². The van der Waals surface area contributed by atoms with Gasteiger partial charge in [0.25, 0.3) is 0 Å². The largest absolute Gasteiger partial charge is 0.492 e. The van der Waals surface area contributed by atoms with E-state index in [0.29, 0.717) is 19.1 Å². The molecule has 0 spiro atoms. The fourth-order valence-corrected chi connectivity index (χ4v) is 2.44. The Balaban J connectivity index is 0.00000264. The van der Waals surface area contributed by atoms with Gasteiger partial charge in [-0.15, -0.1) is 12.4 Å². The molecule has 4 nitrogen and oxygen atoms in total. The van der Waals surface area contributed by atoms with Crippen LogP contribution in [0.1, 0.15) is 33.3 Å². The highest BCUT2D eigenvalue weighted by molar-refractivity contribution is 5.85. The average Bonchev–Trinajstić information content (AvgIpc) is 2.41. The van der Waals surface area contributed by atoms with Crippen molar-refractivity contribution in [3.63, 3.8) is 0 Å². The van der Waals surface area contributed by atoms with Gasteiger partial charge in [0.15, 0.2) is 0 Å². The van der Waals surface area contributed by atoms with Gasteiger partial charge in [0.1, 0.15) is 12.4 Å². The number of rotatable bonds is 6. The number of hydrogen-bond acceptors (Lipinski definition) is 3. The van der Waals surface area contributed by atoms with Gasteiger partial charge in [-0.25, -0.2) is 0 Å². The molecule has 0 aliphatic carbocycles. The summed E-state index contributed by atoms with van der Waals surface area (Å²) in [6.45, 7) is 11.5. The van der Waals surface area contributed by atoms with Crippen molar-refractivity contribution in [2.24, 2.45) is 11.8 Å². The zero-order chi connectivity index (χ0) is 16.2. The standard InChI is InChI=1S/C18H28N2O2.ClH/c1-13(14-11-19-12-14)17(21)20-8-9-22-16-7-5-6-15(10-16)18(2,3)4;/h5-7,10,13-14,19H,8-9,11-12H2,1-4H3,(H,20,21);1H. The number of nitrogens with one attached hydrogen (secondary N) is 2. The van der Waals surface area contributed by atoms with Crippen LogP contribution >= 0.6 is 12.4 Å². The molecular weight excluding hydrogens is 312 g/mol. The highest BCUT2D eigenvalue weighted by atomic mass is 35.5. The summed E-state index contributed by atoms with van der Waals surface area (Å²) in [7, 11) is 0.